The molecule has 1 aromatic heterocycles. The van der Waals surface area contributed by atoms with Gasteiger partial charge in [-0.2, -0.15) is 0 Å². The van der Waals surface area contributed by atoms with Crippen LogP contribution in [0, 0.1) is 0 Å². The van der Waals surface area contributed by atoms with Gasteiger partial charge in [0.15, 0.2) is 0 Å². The fourth-order valence-electron chi connectivity index (χ4n) is 2.19. The third-order valence-corrected chi connectivity index (χ3v) is 4.48. The Kier molecular flexibility index (Phi) is 3.87. The SMILES string of the molecule is CC1(C(Cc2ccc(Cl)s2)NN)CCCO1. The number of halogens is 1. The summed E-state index contributed by atoms with van der Waals surface area (Å²) >= 11 is 7.52. The van der Waals surface area contributed by atoms with Crippen LogP contribution in [0.4, 0.5) is 0 Å². The van der Waals surface area contributed by atoms with Crippen molar-refractivity contribution in [2.45, 2.75) is 37.8 Å². The van der Waals surface area contributed by atoms with Gasteiger partial charge in [0.05, 0.1) is 16.0 Å². The van der Waals surface area contributed by atoms with Crippen molar-refractivity contribution >= 4 is 22.9 Å². The number of hydrazine groups is 1. The Bertz CT molecular complexity index is 350. The maximum absolute atomic E-state index is 5.92. The van der Waals surface area contributed by atoms with E-state index in [0.717, 1.165) is 30.2 Å². The monoisotopic (exact) mass is 260 g/mol. The van der Waals surface area contributed by atoms with Gasteiger partial charge in [-0.3, -0.25) is 11.3 Å². The molecule has 1 aliphatic rings. The molecule has 3 N–H and O–H groups in total. The van der Waals surface area contributed by atoms with Gasteiger partial charge in [0, 0.05) is 17.9 Å². The number of nitrogens with two attached hydrogens (primary N) is 1. The average Bonchev–Trinajstić information content (AvgIpc) is 2.85. The smallest absolute Gasteiger partial charge is 0.0931 e. The van der Waals surface area contributed by atoms with Gasteiger partial charge in [-0.1, -0.05) is 11.6 Å². The van der Waals surface area contributed by atoms with Crippen molar-refractivity contribution in [2.24, 2.45) is 5.84 Å². The van der Waals surface area contributed by atoms with Gasteiger partial charge in [-0.15, -0.1) is 11.3 Å². The molecule has 5 heteroatoms. The lowest BCUT2D eigenvalue weighted by molar-refractivity contribution is -0.0113. The highest BCUT2D eigenvalue weighted by molar-refractivity contribution is 7.16. The highest BCUT2D eigenvalue weighted by atomic mass is 35.5. The molecule has 2 heterocycles. The number of nitrogens with one attached hydrogen (secondary N) is 1. The fourth-order valence-corrected chi connectivity index (χ4v) is 3.32. The lowest BCUT2D eigenvalue weighted by Crippen LogP contribution is -2.52. The standard InChI is InChI=1S/C11H17ClN2OS/c1-11(5-2-6-15-11)9(14-13)7-8-3-4-10(12)16-8/h3-4,9,14H,2,5-7,13H2,1H3. The van der Waals surface area contributed by atoms with Crippen LogP contribution >= 0.6 is 22.9 Å². The number of ether oxygens (including phenoxy) is 1. The number of rotatable bonds is 4. The van der Waals surface area contributed by atoms with E-state index in [1.807, 2.05) is 6.07 Å². The van der Waals surface area contributed by atoms with E-state index in [4.69, 9.17) is 22.2 Å². The second-order valence-corrected chi connectivity index (χ2v) is 6.19. The van der Waals surface area contributed by atoms with Crippen LogP contribution in [0.15, 0.2) is 12.1 Å². The fraction of sp³-hybridized carbons (Fsp3) is 0.636. The van der Waals surface area contributed by atoms with Crippen LogP contribution in [0.5, 0.6) is 0 Å². The first-order chi connectivity index (χ1) is 7.64. The van der Waals surface area contributed by atoms with E-state index in [-0.39, 0.29) is 11.6 Å². The molecule has 90 valence electrons. The molecule has 0 aliphatic carbocycles. The molecule has 0 aromatic carbocycles. The molecule has 0 spiro atoms. The minimum absolute atomic E-state index is 0.143. The van der Waals surface area contributed by atoms with Crippen molar-refractivity contribution in [1.82, 2.24) is 5.43 Å². The molecule has 3 nitrogen and oxygen atoms in total. The molecule has 1 aromatic rings. The lowest BCUT2D eigenvalue weighted by Gasteiger charge is -2.32. The summed E-state index contributed by atoms with van der Waals surface area (Å²) in [5.41, 5.74) is 2.73. The summed E-state index contributed by atoms with van der Waals surface area (Å²) in [6, 6.07) is 4.12. The minimum Gasteiger partial charge on any atom is -0.374 e. The second kappa shape index (κ2) is 5.02. The van der Waals surface area contributed by atoms with Gasteiger partial charge in [0.1, 0.15) is 0 Å². The first-order valence-corrected chi connectivity index (χ1v) is 6.68. The number of hydrogen-bond donors (Lipinski definition) is 2. The summed E-state index contributed by atoms with van der Waals surface area (Å²) in [5.74, 6) is 5.63. The Hall–Kier alpha value is -0.130. The molecule has 2 unspecified atom stereocenters. The average molecular weight is 261 g/mol. The highest BCUT2D eigenvalue weighted by Crippen LogP contribution is 2.31. The molecular formula is C11H17ClN2OS. The predicted molar refractivity (Wildman–Crippen MR) is 67.7 cm³/mol. The summed E-state index contributed by atoms with van der Waals surface area (Å²) in [7, 11) is 0. The Morgan fingerprint density at radius 1 is 1.69 bits per heavy atom. The Morgan fingerprint density at radius 2 is 2.50 bits per heavy atom. The zero-order valence-electron chi connectivity index (χ0n) is 9.33. The zero-order valence-corrected chi connectivity index (χ0v) is 10.9. The van der Waals surface area contributed by atoms with Gasteiger partial charge in [-0.25, -0.2) is 0 Å². The third kappa shape index (κ3) is 2.57. The maximum Gasteiger partial charge on any atom is 0.0931 e. The summed E-state index contributed by atoms with van der Waals surface area (Å²) in [6.45, 7) is 2.96. The van der Waals surface area contributed by atoms with Crippen molar-refractivity contribution in [2.75, 3.05) is 6.61 Å². The van der Waals surface area contributed by atoms with Gasteiger partial charge in [-0.05, 0) is 31.9 Å². The number of thiophene rings is 1. The first-order valence-electron chi connectivity index (χ1n) is 5.48. The quantitative estimate of drug-likeness (QED) is 0.645. The van der Waals surface area contributed by atoms with Crippen LogP contribution in [-0.2, 0) is 11.2 Å². The highest BCUT2D eigenvalue weighted by Gasteiger charge is 2.37. The molecule has 1 aliphatic heterocycles. The van der Waals surface area contributed by atoms with Crippen molar-refractivity contribution in [3.05, 3.63) is 21.3 Å². The minimum atomic E-state index is -0.148. The van der Waals surface area contributed by atoms with E-state index in [0.29, 0.717) is 0 Å². The van der Waals surface area contributed by atoms with Crippen LogP contribution in [0.25, 0.3) is 0 Å². The molecule has 2 rings (SSSR count). The van der Waals surface area contributed by atoms with Crippen molar-refractivity contribution in [3.8, 4) is 0 Å². The molecule has 2 atom stereocenters. The first kappa shape index (κ1) is 12.3. The molecule has 0 amide bonds. The lowest BCUT2D eigenvalue weighted by atomic mass is 9.91. The molecule has 1 saturated heterocycles. The summed E-state index contributed by atoms with van der Waals surface area (Å²) in [6.07, 6.45) is 3.03. The zero-order chi connectivity index (χ0) is 11.6. The number of hydrogen-bond acceptors (Lipinski definition) is 4. The largest absolute Gasteiger partial charge is 0.374 e. The summed E-state index contributed by atoms with van der Waals surface area (Å²) in [5, 5.41) is 0. The van der Waals surface area contributed by atoms with Gasteiger partial charge >= 0.3 is 0 Å². The van der Waals surface area contributed by atoms with E-state index >= 15 is 0 Å². The van der Waals surface area contributed by atoms with E-state index in [2.05, 4.69) is 18.4 Å². The Balaban J connectivity index is 2.05. The van der Waals surface area contributed by atoms with Gasteiger partial charge in [0.2, 0.25) is 0 Å². The van der Waals surface area contributed by atoms with E-state index in [1.54, 1.807) is 11.3 Å². The van der Waals surface area contributed by atoms with Crippen molar-refractivity contribution < 1.29 is 4.74 Å². The van der Waals surface area contributed by atoms with Crippen LogP contribution in [-0.4, -0.2) is 18.2 Å². The predicted octanol–water partition coefficient (Wildman–Crippen LogP) is 2.34. The molecule has 1 fully saturated rings. The Labute approximate surface area is 105 Å². The van der Waals surface area contributed by atoms with Crippen molar-refractivity contribution in [1.29, 1.82) is 0 Å². The normalized spacial score (nSPS) is 27.2. The molecule has 0 bridgehead atoms. The third-order valence-electron chi connectivity index (χ3n) is 3.22. The van der Waals surface area contributed by atoms with Crippen molar-refractivity contribution in [3.63, 3.8) is 0 Å². The molecule has 16 heavy (non-hydrogen) atoms. The Morgan fingerprint density at radius 3 is 3.00 bits per heavy atom. The van der Waals surface area contributed by atoms with Gasteiger partial charge < -0.3 is 4.74 Å². The molecule has 0 radical (unpaired) electrons. The van der Waals surface area contributed by atoms with E-state index < -0.39 is 0 Å². The molecule has 0 saturated carbocycles. The summed E-state index contributed by atoms with van der Waals surface area (Å²) in [4.78, 5) is 1.24. The van der Waals surface area contributed by atoms with E-state index in [1.165, 1.54) is 4.88 Å². The van der Waals surface area contributed by atoms with Crippen LogP contribution in [0.2, 0.25) is 4.34 Å². The molecular weight excluding hydrogens is 244 g/mol. The topological polar surface area (TPSA) is 47.3 Å². The van der Waals surface area contributed by atoms with Crippen LogP contribution in [0.1, 0.15) is 24.6 Å². The van der Waals surface area contributed by atoms with Crippen LogP contribution < -0.4 is 11.3 Å². The second-order valence-electron chi connectivity index (χ2n) is 4.39. The van der Waals surface area contributed by atoms with E-state index in [9.17, 15) is 0 Å². The van der Waals surface area contributed by atoms with Crippen LogP contribution in [0.3, 0.4) is 0 Å². The maximum atomic E-state index is 5.92. The van der Waals surface area contributed by atoms with Gasteiger partial charge in [0.25, 0.3) is 0 Å². The summed E-state index contributed by atoms with van der Waals surface area (Å²) < 4.78 is 6.62.